The molecule has 1 heterocycles. The summed E-state index contributed by atoms with van der Waals surface area (Å²) in [5.41, 5.74) is 5.98. The lowest BCUT2D eigenvalue weighted by Crippen LogP contribution is -2.22. The Hall–Kier alpha value is -0.940. The van der Waals surface area contributed by atoms with Gasteiger partial charge in [0.15, 0.2) is 9.84 Å². The molecule has 0 spiro atoms. The molecule has 0 amide bonds. The topological polar surface area (TPSA) is 73.1 Å². The highest BCUT2D eigenvalue weighted by molar-refractivity contribution is 7.90. The van der Waals surface area contributed by atoms with Gasteiger partial charge in [0.05, 0.1) is 17.2 Å². The Morgan fingerprint density at radius 1 is 1.47 bits per heavy atom. The fourth-order valence-electron chi connectivity index (χ4n) is 1.27. The fraction of sp³-hybridized carbons (Fsp3) is 0.500. The van der Waals surface area contributed by atoms with Crippen molar-refractivity contribution < 1.29 is 8.42 Å². The highest BCUT2D eigenvalue weighted by Gasteiger charge is 2.16. The summed E-state index contributed by atoms with van der Waals surface area (Å²) in [4.78, 5) is 3.99. The molecule has 1 rings (SSSR count). The van der Waals surface area contributed by atoms with Crippen molar-refractivity contribution in [3.05, 3.63) is 30.1 Å². The standard InChI is InChI=1S/C10H16N2O2S/c1-9(6-11)7-15(13,14)8-10-4-2-3-5-12-10/h2-5,9H,6-8,11H2,1H3. The maximum absolute atomic E-state index is 11.7. The van der Waals surface area contributed by atoms with E-state index < -0.39 is 9.84 Å². The second-order valence-electron chi connectivity index (χ2n) is 3.72. The van der Waals surface area contributed by atoms with Crippen molar-refractivity contribution in [1.29, 1.82) is 0 Å². The summed E-state index contributed by atoms with van der Waals surface area (Å²) >= 11 is 0. The van der Waals surface area contributed by atoms with Gasteiger partial charge < -0.3 is 5.73 Å². The van der Waals surface area contributed by atoms with Gasteiger partial charge >= 0.3 is 0 Å². The monoisotopic (exact) mass is 228 g/mol. The maximum atomic E-state index is 11.7. The molecule has 0 aromatic carbocycles. The second-order valence-corrected chi connectivity index (χ2v) is 5.83. The van der Waals surface area contributed by atoms with Crippen LogP contribution in [0.15, 0.2) is 24.4 Å². The summed E-state index contributed by atoms with van der Waals surface area (Å²) in [5.74, 6) is 0.122. The van der Waals surface area contributed by atoms with Crippen LogP contribution < -0.4 is 5.73 Å². The molecule has 2 N–H and O–H groups in total. The predicted octanol–water partition coefficient (Wildman–Crippen LogP) is 0.591. The summed E-state index contributed by atoms with van der Waals surface area (Å²) in [6, 6.07) is 5.26. The lowest BCUT2D eigenvalue weighted by atomic mass is 10.2. The van der Waals surface area contributed by atoms with Crippen LogP contribution in [0, 0.1) is 5.92 Å². The Morgan fingerprint density at radius 2 is 2.20 bits per heavy atom. The van der Waals surface area contributed by atoms with Crippen molar-refractivity contribution in [3.8, 4) is 0 Å². The molecule has 0 bridgehead atoms. The van der Waals surface area contributed by atoms with E-state index in [1.165, 1.54) is 0 Å². The minimum absolute atomic E-state index is 0.00119. The van der Waals surface area contributed by atoms with Gasteiger partial charge in [0.2, 0.25) is 0 Å². The van der Waals surface area contributed by atoms with Gasteiger partial charge in [0.25, 0.3) is 0 Å². The summed E-state index contributed by atoms with van der Waals surface area (Å²) in [6.45, 7) is 2.22. The average molecular weight is 228 g/mol. The smallest absolute Gasteiger partial charge is 0.156 e. The van der Waals surface area contributed by atoms with Crippen molar-refractivity contribution >= 4 is 9.84 Å². The zero-order valence-corrected chi connectivity index (χ0v) is 9.57. The molecule has 0 saturated heterocycles. The average Bonchev–Trinajstić information content (AvgIpc) is 2.17. The Kier molecular flexibility index (Phi) is 4.23. The predicted molar refractivity (Wildman–Crippen MR) is 59.9 cm³/mol. The first kappa shape index (κ1) is 12.1. The van der Waals surface area contributed by atoms with E-state index in [1.54, 1.807) is 24.4 Å². The number of nitrogens with two attached hydrogens (primary N) is 1. The van der Waals surface area contributed by atoms with E-state index in [2.05, 4.69) is 4.98 Å². The molecular weight excluding hydrogens is 212 g/mol. The Morgan fingerprint density at radius 3 is 2.73 bits per heavy atom. The molecule has 0 aliphatic rings. The molecule has 0 fully saturated rings. The van der Waals surface area contributed by atoms with Crippen LogP contribution in [0.5, 0.6) is 0 Å². The quantitative estimate of drug-likeness (QED) is 0.800. The molecule has 0 aliphatic heterocycles. The number of sulfone groups is 1. The molecular formula is C10H16N2O2S. The normalized spacial score (nSPS) is 13.7. The highest BCUT2D eigenvalue weighted by atomic mass is 32.2. The van der Waals surface area contributed by atoms with E-state index in [1.807, 2.05) is 6.92 Å². The SMILES string of the molecule is CC(CN)CS(=O)(=O)Cc1ccccn1. The van der Waals surface area contributed by atoms with Crippen LogP contribution >= 0.6 is 0 Å². The Balaban J connectivity index is 2.65. The minimum atomic E-state index is -3.09. The first-order chi connectivity index (χ1) is 7.03. The highest BCUT2D eigenvalue weighted by Crippen LogP contribution is 2.07. The fourth-order valence-corrected chi connectivity index (χ4v) is 3.01. The van der Waals surface area contributed by atoms with Crippen molar-refractivity contribution in [3.63, 3.8) is 0 Å². The summed E-state index contributed by atoms with van der Waals surface area (Å²) in [6.07, 6.45) is 1.59. The first-order valence-corrected chi connectivity index (χ1v) is 6.66. The van der Waals surface area contributed by atoms with Crippen LogP contribution in [-0.2, 0) is 15.6 Å². The van der Waals surface area contributed by atoms with Crippen molar-refractivity contribution in [1.82, 2.24) is 4.98 Å². The van der Waals surface area contributed by atoms with Crippen LogP contribution in [0.1, 0.15) is 12.6 Å². The van der Waals surface area contributed by atoms with E-state index in [9.17, 15) is 8.42 Å². The van der Waals surface area contributed by atoms with Crippen molar-refractivity contribution in [2.75, 3.05) is 12.3 Å². The van der Waals surface area contributed by atoms with Gasteiger partial charge in [-0.25, -0.2) is 8.42 Å². The molecule has 1 aromatic heterocycles. The maximum Gasteiger partial charge on any atom is 0.156 e. The lowest BCUT2D eigenvalue weighted by Gasteiger charge is -2.08. The number of hydrogen-bond donors (Lipinski definition) is 1. The molecule has 84 valence electrons. The Labute approximate surface area is 90.4 Å². The number of pyridine rings is 1. The van der Waals surface area contributed by atoms with E-state index in [-0.39, 0.29) is 17.4 Å². The van der Waals surface area contributed by atoms with Gasteiger partial charge in [-0.2, -0.15) is 0 Å². The van der Waals surface area contributed by atoms with Gasteiger partial charge in [-0.3, -0.25) is 4.98 Å². The van der Waals surface area contributed by atoms with Gasteiger partial charge in [-0.15, -0.1) is 0 Å². The van der Waals surface area contributed by atoms with E-state index in [0.29, 0.717) is 12.2 Å². The number of nitrogens with zero attached hydrogens (tertiary/aromatic N) is 1. The first-order valence-electron chi connectivity index (χ1n) is 4.84. The van der Waals surface area contributed by atoms with Crippen LogP contribution in [0.4, 0.5) is 0 Å². The van der Waals surface area contributed by atoms with Gasteiger partial charge in [0, 0.05) is 6.20 Å². The van der Waals surface area contributed by atoms with Gasteiger partial charge in [0.1, 0.15) is 0 Å². The van der Waals surface area contributed by atoms with Gasteiger partial charge in [-0.1, -0.05) is 13.0 Å². The van der Waals surface area contributed by atoms with Crippen molar-refractivity contribution in [2.45, 2.75) is 12.7 Å². The molecule has 1 unspecified atom stereocenters. The minimum Gasteiger partial charge on any atom is -0.330 e. The molecule has 4 nitrogen and oxygen atoms in total. The molecule has 1 aromatic rings. The molecule has 1 atom stereocenters. The largest absolute Gasteiger partial charge is 0.330 e. The van der Waals surface area contributed by atoms with E-state index >= 15 is 0 Å². The van der Waals surface area contributed by atoms with Crippen LogP contribution in [-0.4, -0.2) is 25.7 Å². The summed E-state index contributed by atoms with van der Waals surface area (Å²) < 4.78 is 23.3. The third-order valence-electron chi connectivity index (χ3n) is 2.03. The molecule has 0 radical (unpaired) electrons. The molecule has 5 heteroatoms. The summed E-state index contributed by atoms with van der Waals surface area (Å²) in [5, 5.41) is 0. The number of aromatic nitrogens is 1. The molecule has 0 aliphatic carbocycles. The third kappa shape index (κ3) is 4.40. The number of hydrogen-bond acceptors (Lipinski definition) is 4. The number of rotatable bonds is 5. The van der Waals surface area contributed by atoms with Crippen LogP contribution in [0.25, 0.3) is 0 Å². The van der Waals surface area contributed by atoms with Crippen LogP contribution in [0.2, 0.25) is 0 Å². The van der Waals surface area contributed by atoms with Crippen LogP contribution in [0.3, 0.4) is 0 Å². The summed E-state index contributed by atoms with van der Waals surface area (Å²) in [7, 11) is -3.09. The van der Waals surface area contributed by atoms with E-state index in [4.69, 9.17) is 5.73 Å². The zero-order valence-electron chi connectivity index (χ0n) is 8.76. The van der Waals surface area contributed by atoms with E-state index in [0.717, 1.165) is 0 Å². The van der Waals surface area contributed by atoms with Crippen molar-refractivity contribution in [2.24, 2.45) is 11.7 Å². The zero-order chi connectivity index (χ0) is 11.3. The van der Waals surface area contributed by atoms with Gasteiger partial charge in [-0.05, 0) is 24.6 Å². The second kappa shape index (κ2) is 5.23. The third-order valence-corrected chi connectivity index (χ3v) is 3.85. The Bertz CT molecular complexity index is 389. The molecule has 15 heavy (non-hydrogen) atoms. The molecule has 0 saturated carbocycles. The lowest BCUT2D eigenvalue weighted by molar-refractivity contribution is 0.572.